The molecule has 0 radical (unpaired) electrons. The van der Waals surface area contributed by atoms with E-state index in [1.807, 2.05) is 43.3 Å². The molecule has 6 rings (SSSR count). The third kappa shape index (κ3) is 5.12. The maximum atomic E-state index is 14.2. The van der Waals surface area contributed by atoms with Gasteiger partial charge in [-0.25, -0.2) is 0 Å². The van der Waals surface area contributed by atoms with Crippen LogP contribution >= 0.6 is 11.6 Å². The molecule has 2 aromatic rings. The van der Waals surface area contributed by atoms with Crippen molar-refractivity contribution in [2.45, 2.75) is 69.2 Å². The third-order valence-electron chi connectivity index (χ3n) is 8.89. The standard InChI is InChI=1S/C32H36ClN3O5/c1-2-40-23-14-12-22(13-15-23)34-29(37)26-25-16-18-32(41-25)27(26)31(39)36(19-17-20-8-6-7-11-24(20)33)28(32)30(38)35-21-9-4-3-5-10-21/h6-8,11-16,18,21,25-28H,2-5,9-10,17,19H2,1H3,(H,34,37)(H,35,38)/t25-,26-,27-,28+,32-/m1/s1. The number of halogens is 1. The van der Waals surface area contributed by atoms with E-state index in [1.165, 1.54) is 6.42 Å². The van der Waals surface area contributed by atoms with Crippen molar-refractivity contribution in [3.8, 4) is 5.75 Å². The molecule has 5 atom stereocenters. The van der Waals surface area contributed by atoms with Gasteiger partial charge in [0, 0.05) is 23.3 Å². The fraction of sp³-hybridized carbons (Fsp3) is 0.469. The van der Waals surface area contributed by atoms with Gasteiger partial charge in [-0.05, 0) is 62.1 Å². The number of fused-ring (bicyclic) bond motifs is 1. The number of nitrogens with zero attached hydrogens (tertiary/aromatic N) is 1. The first-order valence-electron chi connectivity index (χ1n) is 14.7. The summed E-state index contributed by atoms with van der Waals surface area (Å²) in [4.78, 5) is 43.4. The molecule has 0 unspecified atom stereocenters. The first-order valence-corrected chi connectivity index (χ1v) is 15.0. The summed E-state index contributed by atoms with van der Waals surface area (Å²) in [6, 6.07) is 13.9. The lowest BCUT2D eigenvalue weighted by Crippen LogP contribution is -2.56. The number of carbonyl (C=O) groups excluding carboxylic acids is 3. The molecular formula is C32H36ClN3O5. The number of likely N-dealkylation sites (tertiary alicyclic amines) is 1. The molecule has 1 aliphatic carbocycles. The molecule has 4 aliphatic rings. The van der Waals surface area contributed by atoms with E-state index in [4.69, 9.17) is 21.1 Å². The SMILES string of the molecule is CCOc1ccc(NC(=O)[C@@H]2[C@H]3C=C[C@]4(O3)[C@H](C(=O)NC3CCCCC3)N(CCc3ccccc3Cl)C(=O)[C@@H]24)cc1. The van der Waals surface area contributed by atoms with Gasteiger partial charge in [0.2, 0.25) is 17.7 Å². The Morgan fingerprint density at radius 2 is 1.83 bits per heavy atom. The predicted molar refractivity (Wildman–Crippen MR) is 156 cm³/mol. The van der Waals surface area contributed by atoms with E-state index >= 15 is 0 Å². The zero-order chi connectivity index (χ0) is 28.6. The number of hydrogen-bond donors (Lipinski definition) is 2. The average Bonchev–Trinajstić information content (AvgIpc) is 3.61. The lowest BCUT2D eigenvalue weighted by atomic mass is 9.74. The molecule has 2 aromatic carbocycles. The third-order valence-corrected chi connectivity index (χ3v) is 9.26. The molecule has 3 aliphatic heterocycles. The van der Waals surface area contributed by atoms with E-state index in [0.717, 1.165) is 31.2 Å². The van der Waals surface area contributed by atoms with Gasteiger partial charge < -0.3 is 25.0 Å². The number of carbonyl (C=O) groups is 3. The summed E-state index contributed by atoms with van der Waals surface area (Å²) >= 11 is 6.42. The Kier molecular flexibility index (Phi) is 7.79. The van der Waals surface area contributed by atoms with E-state index in [0.29, 0.717) is 36.0 Å². The summed E-state index contributed by atoms with van der Waals surface area (Å²) in [5.74, 6) is -1.60. The molecule has 3 fully saturated rings. The quantitative estimate of drug-likeness (QED) is 0.427. The normalized spacial score (nSPS) is 28.5. The van der Waals surface area contributed by atoms with Crippen molar-refractivity contribution in [1.82, 2.24) is 10.2 Å². The second-order valence-corrected chi connectivity index (χ2v) is 11.8. The van der Waals surface area contributed by atoms with E-state index in [9.17, 15) is 14.4 Å². The fourth-order valence-electron chi connectivity index (χ4n) is 7.00. The molecule has 3 amide bonds. The molecule has 2 saturated heterocycles. The van der Waals surface area contributed by atoms with Crippen molar-refractivity contribution < 1.29 is 23.9 Å². The fourth-order valence-corrected chi connectivity index (χ4v) is 7.23. The summed E-state index contributed by atoms with van der Waals surface area (Å²) in [7, 11) is 0. The minimum Gasteiger partial charge on any atom is -0.494 e. The molecule has 3 heterocycles. The lowest BCUT2D eigenvalue weighted by molar-refractivity contribution is -0.141. The zero-order valence-corrected chi connectivity index (χ0v) is 23.9. The molecule has 216 valence electrons. The van der Waals surface area contributed by atoms with Crippen LogP contribution in [-0.4, -0.2) is 59.6 Å². The Hall–Kier alpha value is -3.36. The van der Waals surface area contributed by atoms with E-state index < -0.39 is 29.6 Å². The predicted octanol–water partition coefficient (Wildman–Crippen LogP) is 4.52. The monoisotopic (exact) mass is 577 g/mol. The van der Waals surface area contributed by atoms with Crippen LogP contribution < -0.4 is 15.4 Å². The van der Waals surface area contributed by atoms with Crippen LogP contribution in [0.3, 0.4) is 0 Å². The highest BCUT2D eigenvalue weighted by atomic mass is 35.5. The highest BCUT2D eigenvalue weighted by Gasteiger charge is 2.72. The lowest BCUT2D eigenvalue weighted by Gasteiger charge is -2.34. The highest BCUT2D eigenvalue weighted by molar-refractivity contribution is 6.31. The van der Waals surface area contributed by atoms with Gasteiger partial charge in [-0.15, -0.1) is 0 Å². The Morgan fingerprint density at radius 3 is 2.56 bits per heavy atom. The van der Waals surface area contributed by atoms with Crippen LogP contribution in [0.15, 0.2) is 60.7 Å². The number of anilines is 1. The molecule has 1 spiro atoms. The minimum absolute atomic E-state index is 0.0774. The number of rotatable bonds is 9. The van der Waals surface area contributed by atoms with Crippen LogP contribution in [-0.2, 0) is 25.5 Å². The van der Waals surface area contributed by atoms with Crippen LogP contribution in [0, 0.1) is 11.8 Å². The van der Waals surface area contributed by atoms with Crippen molar-refractivity contribution >= 4 is 35.0 Å². The number of benzene rings is 2. The summed E-state index contributed by atoms with van der Waals surface area (Å²) in [5.41, 5.74) is 0.308. The van der Waals surface area contributed by atoms with Crippen molar-refractivity contribution in [3.63, 3.8) is 0 Å². The Bertz CT molecular complexity index is 1340. The van der Waals surface area contributed by atoms with Crippen LogP contribution in [0.1, 0.15) is 44.6 Å². The molecule has 2 N–H and O–H groups in total. The van der Waals surface area contributed by atoms with Crippen molar-refractivity contribution in [1.29, 1.82) is 0 Å². The molecular weight excluding hydrogens is 542 g/mol. The Morgan fingerprint density at radius 1 is 1.07 bits per heavy atom. The van der Waals surface area contributed by atoms with Crippen molar-refractivity contribution in [2.75, 3.05) is 18.5 Å². The van der Waals surface area contributed by atoms with Gasteiger partial charge in [0.1, 0.15) is 17.4 Å². The van der Waals surface area contributed by atoms with Crippen LogP contribution in [0.5, 0.6) is 5.75 Å². The Labute approximate surface area is 245 Å². The minimum atomic E-state index is -1.19. The highest BCUT2D eigenvalue weighted by Crippen LogP contribution is 2.55. The zero-order valence-electron chi connectivity index (χ0n) is 23.2. The molecule has 41 heavy (non-hydrogen) atoms. The first-order chi connectivity index (χ1) is 19.9. The molecule has 8 nitrogen and oxygen atoms in total. The molecule has 0 aromatic heterocycles. The second-order valence-electron chi connectivity index (χ2n) is 11.4. The summed E-state index contributed by atoms with van der Waals surface area (Å²) in [6.07, 6.45) is 8.76. The van der Waals surface area contributed by atoms with Crippen LogP contribution in [0.4, 0.5) is 5.69 Å². The van der Waals surface area contributed by atoms with Gasteiger partial charge in [0.05, 0.1) is 24.5 Å². The molecule has 1 saturated carbocycles. The van der Waals surface area contributed by atoms with Crippen molar-refractivity contribution in [2.24, 2.45) is 11.8 Å². The number of nitrogens with one attached hydrogen (secondary N) is 2. The Balaban J connectivity index is 1.27. The van der Waals surface area contributed by atoms with Gasteiger partial charge in [-0.2, -0.15) is 0 Å². The van der Waals surface area contributed by atoms with E-state index in [2.05, 4.69) is 10.6 Å². The number of amides is 3. The summed E-state index contributed by atoms with van der Waals surface area (Å²) < 4.78 is 12.0. The van der Waals surface area contributed by atoms with E-state index in [-0.39, 0.29) is 23.8 Å². The van der Waals surface area contributed by atoms with Gasteiger partial charge >= 0.3 is 0 Å². The number of hydrogen-bond acceptors (Lipinski definition) is 5. The average molecular weight is 578 g/mol. The second kappa shape index (κ2) is 11.5. The smallest absolute Gasteiger partial charge is 0.246 e. The molecule has 9 heteroatoms. The summed E-state index contributed by atoms with van der Waals surface area (Å²) in [5, 5.41) is 6.80. The maximum absolute atomic E-state index is 14.2. The van der Waals surface area contributed by atoms with Crippen LogP contribution in [0.2, 0.25) is 5.02 Å². The van der Waals surface area contributed by atoms with Gasteiger partial charge in [-0.3, -0.25) is 14.4 Å². The van der Waals surface area contributed by atoms with E-state index in [1.54, 1.807) is 29.2 Å². The van der Waals surface area contributed by atoms with Crippen LogP contribution in [0.25, 0.3) is 0 Å². The first kappa shape index (κ1) is 27.8. The topological polar surface area (TPSA) is 97.0 Å². The van der Waals surface area contributed by atoms with Gasteiger partial charge in [-0.1, -0.05) is 61.2 Å². The maximum Gasteiger partial charge on any atom is 0.246 e. The number of ether oxygens (including phenoxy) is 2. The molecule has 2 bridgehead atoms. The van der Waals surface area contributed by atoms with Gasteiger partial charge in [0.15, 0.2) is 0 Å². The largest absolute Gasteiger partial charge is 0.494 e. The van der Waals surface area contributed by atoms with Crippen molar-refractivity contribution in [3.05, 3.63) is 71.3 Å². The summed E-state index contributed by atoms with van der Waals surface area (Å²) in [6.45, 7) is 2.75. The van der Waals surface area contributed by atoms with Gasteiger partial charge in [0.25, 0.3) is 0 Å².